The Morgan fingerprint density at radius 2 is 2.03 bits per heavy atom. The number of halogens is 3. The molecule has 29 heavy (non-hydrogen) atoms. The number of Topliss-reactive ketones (excluding diaryl/α,β-unsaturated/α-hetero) is 1. The van der Waals surface area contributed by atoms with Crippen LogP contribution in [0.5, 0.6) is 5.75 Å². The smallest absolute Gasteiger partial charge is 0.272 e. The van der Waals surface area contributed by atoms with Crippen molar-refractivity contribution in [3.63, 3.8) is 0 Å². The lowest BCUT2D eigenvalue weighted by Gasteiger charge is -2.32. The van der Waals surface area contributed by atoms with Gasteiger partial charge in [-0.2, -0.15) is 0 Å². The summed E-state index contributed by atoms with van der Waals surface area (Å²) in [4.78, 5) is 29.9. The molecule has 6 nitrogen and oxygen atoms in total. The van der Waals surface area contributed by atoms with Crippen LogP contribution in [0, 0.1) is 11.6 Å². The molecule has 1 amide bonds. The standard InChI is InChI=1S/C20H19BrF2N2O4/c1-2-17(26)12-8-14(22)19(15(23)9-12)29-11-13-10-25(6-7-28-13)20(27)16-4-3-5-18(21)24-16/h3-5,8-9,13H,2,6-7,10-11H2,1H3. The van der Waals surface area contributed by atoms with E-state index >= 15 is 0 Å². The molecule has 3 rings (SSSR count). The third kappa shape index (κ3) is 5.16. The normalized spacial score (nSPS) is 16.6. The Kier molecular flexibility index (Phi) is 6.92. The molecule has 1 fully saturated rings. The van der Waals surface area contributed by atoms with Crippen molar-refractivity contribution in [1.29, 1.82) is 0 Å². The van der Waals surface area contributed by atoms with E-state index in [1.54, 1.807) is 30.0 Å². The van der Waals surface area contributed by atoms with E-state index in [1.165, 1.54) is 0 Å². The lowest BCUT2D eigenvalue weighted by molar-refractivity contribution is -0.0412. The van der Waals surface area contributed by atoms with Crippen molar-refractivity contribution < 1.29 is 27.8 Å². The van der Waals surface area contributed by atoms with Gasteiger partial charge >= 0.3 is 0 Å². The van der Waals surface area contributed by atoms with Gasteiger partial charge in [-0.05, 0) is 40.2 Å². The number of benzene rings is 1. The van der Waals surface area contributed by atoms with E-state index < -0.39 is 23.5 Å². The molecule has 1 unspecified atom stereocenters. The van der Waals surface area contributed by atoms with Crippen LogP contribution in [-0.4, -0.2) is 54.0 Å². The molecule has 0 N–H and O–H groups in total. The molecular formula is C20H19BrF2N2O4. The molecule has 0 saturated carbocycles. The number of carbonyl (C=O) groups excluding carboxylic acids is 2. The van der Waals surface area contributed by atoms with Crippen LogP contribution in [0.4, 0.5) is 8.78 Å². The third-order valence-electron chi connectivity index (χ3n) is 4.42. The van der Waals surface area contributed by atoms with Gasteiger partial charge in [0.15, 0.2) is 23.2 Å². The summed E-state index contributed by atoms with van der Waals surface area (Å²) < 4.78 is 39.8. The second-order valence-electron chi connectivity index (χ2n) is 6.45. The zero-order valence-electron chi connectivity index (χ0n) is 15.7. The van der Waals surface area contributed by atoms with Gasteiger partial charge in [-0.1, -0.05) is 13.0 Å². The van der Waals surface area contributed by atoms with Gasteiger partial charge in [0, 0.05) is 18.5 Å². The molecule has 0 bridgehead atoms. The third-order valence-corrected chi connectivity index (χ3v) is 4.86. The molecule has 2 aromatic rings. The van der Waals surface area contributed by atoms with Crippen molar-refractivity contribution in [3.8, 4) is 5.75 Å². The Balaban J connectivity index is 1.64. The second-order valence-corrected chi connectivity index (χ2v) is 7.26. The molecule has 0 aliphatic carbocycles. The summed E-state index contributed by atoms with van der Waals surface area (Å²) in [5.74, 6) is -3.11. The van der Waals surface area contributed by atoms with Gasteiger partial charge in [-0.15, -0.1) is 0 Å². The van der Waals surface area contributed by atoms with E-state index in [9.17, 15) is 18.4 Å². The number of pyridine rings is 1. The Morgan fingerprint density at radius 3 is 2.69 bits per heavy atom. The number of hydrogen-bond acceptors (Lipinski definition) is 5. The summed E-state index contributed by atoms with van der Waals surface area (Å²) in [6.45, 7) is 2.30. The molecule has 0 spiro atoms. The van der Waals surface area contributed by atoms with Gasteiger partial charge in [0.2, 0.25) is 0 Å². The molecule has 154 valence electrons. The lowest BCUT2D eigenvalue weighted by Crippen LogP contribution is -2.47. The average molecular weight is 469 g/mol. The number of rotatable bonds is 6. The van der Waals surface area contributed by atoms with E-state index in [0.717, 1.165) is 12.1 Å². The highest BCUT2D eigenvalue weighted by Gasteiger charge is 2.27. The molecule has 1 aromatic carbocycles. The van der Waals surface area contributed by atoms with Crippen LogP contribution in [0.3, 0.4) is 0 Å². The molecule has 9 heteroatoms. The van der Waals surface area contributed by atoms with Crippen LogP contribution in [-0.2, 0) is 4.74 Å². The maximum absolute atomic E-state index is 14.2. The predicted octanol–water partition coefficient (Wildman–Crippen LogP) is 3.64. The van der Waals surface area contributed by atoms with Crippen molar-refractivity contribution in [2.24, 2.45) is 0 Å². The van der Waals surface area contributed by atoms with Gasteiger partial charge < -0.3 is 14.4 Å². The first-order chi connectivity index (χ1) is 13.9. The van der Waals surface area contributed by atoms with Crippen LogP contribution in [0.2, 0.25) is 0 Å². The highest BCUT2D eigenvalue weighted by atomic mass is 79.9. The van der Waals surface area contributed by atoms with Gasteiger partial charge in [0.25, 0.3) is 5.91 Å². The Bertz CT molecular complexity index is 902. The minimum Gasteiger partial charge on any atom is -0.485 e. The molecule has 1 atom stereocenters. The second kappa shape index (κ2) is 9.41. The average Bonchev–Trinajstić information content (AvgIpc) is 2.72. The zero-order chi connectivity index (χ0) is 21.0. The number of hydrogen-bond donors (Lipinski definition) is 0. The van der Waals surface area contributed by atoms with E-state index in [2.05, 4.69) is 20.9 Å². The van der Waals surface area contributed by atoms with Crippen molar-refractivity contribution >= 4 is 27.6 Å². The fourth-order valence-electron chi connectivity index (χ4n) is 2.93. The number of amides is 1. The highest BCUT2D eigenvalue weighted by molar-refractivity contribution is 9.10. The summed E-state index contributed by atoms with van der Waals surface area (Å²) in [7, 11) is 0. The maximum Gasteiger partial charge on any atom is 0.272 e. The fraction of sp³-hybridized carbons (Fsp3) is 0.350. The summed E-state index contributed by atoms with van der Waals surface area (Å²) in [6, 6.07) is 6.96. The maximum atomic E-state index is 14.2. The van der Waals surface area contributed by atoms with Crippen molar-refractivity contribution in [3.05, 3.63) is 57.8 Å². The number of morpholine rings is 1. The lowest BCUT2D eigenvalue weighted by atomic mass is 10.1. The summed E-state index contributed by atoms with van der Waals surface area (Å²) in [5, 5.41) is 0. The first-order valence-electron chi connectivity index (χ1n) is 9.07. The van der Waals surface area contributed by atoms with Crippen LogP contribution in [0.15, 0.2) is 34.9 Å². The minimum atomic E-state index is -0.955. The Labute approximate surface area is 174 Å². The summed E-state index contributed by atoms with van der Waals surface area (Å²) in [6.07, 6.45) is -0.415. The quantitative estimate of drug-likeness (QED) is 0.478. The van der Waals surface area contributed by atoms with Crippen molar-refractivity contribution in [1.82, 2.24) is 9.88 Å². The minimum absolute atomic E-state index is 0.0398. The predicted molar refractivity (Wildman–Crippen MR) is 104 cm³/mol. The molecule has 1 aromatic heterocycles. The van der Waals surface area contributed by atoms with Crippen LogP contribution in [0.25, 0.3) is 0 Å². The Hall–Kier alpha value is -2.39. The summed E-state index contributed by atoms with van der Waals surface area (Å²) >= 11 is 3.23. The number of ether oxygens (including phenoxy) is 2. The fourth-order valence-corrected chi connectivity index (χ4v) is 3.28. The molecule has 2 heterocycles. The number of ketones is 1. The van der Waals surface area contributed by atoms with E-state index in [0.29, 0.717) is 11.1 Å². The van der Waals surface area contributed by atoms with Crippen molar-refractivity contribution in [2.45, 2.75) is 19.4 Å². The topological polar surface area (TPSA) is 68.7 Å². The highest BCUT2D eigenvalue weighted by Crippen LogP contribution is 2.25. The first kappa shape index (κ1) is 21.3. The zero-order valence-corrected chi connectivity index (χ0v) is 17.2. The Morgan fingerprint density at radius 1 is 1.31 bits per heavy atom. The van der Waals surface area contributed by atoms with Crippen LogP contribution >= 0.6 is 15.9 Å². The SMILES string of the molecule is CCC(=O)c1cc(F)c(OCC2CN(C(=O)c3cccc(Br)n3)CCO2)c(F)c1. The van der Waals surface area contributed by atoms with Gasteiger partial charge in [-0.3, -0.25) is 9.59 Å². The molecule has 0 radical (unpaired) electrons. The van der Waals surface area contributed by atoms with E-state index in [4.69, 9.17) is 9.47 Å². The number of carbonyl (C=O) groups is 2. The van der Waals surface area contributed by atoms with Crippen LogP contribution in [0.1, 0.15) is 34.2 Å². The van der Waals surface area contributed by atoms with Gasteiger partial charge in [-0.25, -0.2) is 13.8 Å². The van der Waals surface area contributed by atoms with E-state index in [1.807, 2.05) is 0 Å². The molecule has 1 aliphatic heterocycles. The summed E-state index contributed by atoms with van der Waals surface area (Å²) in [5.41, 5.74) is 0.247. The van der Waals surface area contributed by atoms with Crippen molar-refractivity contribution in [2.75, 3.05) is 26.3 Å². The van der Waals surface area contributed by atoms with Crippen LogP contribution < -0.4 is 4.74 Å². The van der Waals surface area contributed by atoms with Gasteiger partial charge in [0.1, 0.15) is 23.0 Å². The number of nitrogens with zero attached hydrogens (tertiary/aromatic N) is 2. The number of aromatic nitrogens is 1. The monoisotopic (exact) mass is 468 g/mol. The van der Waals surface area contributed by atoms with Gasteiger partial charge in [0.05, 0.1) is 13.2 Å². The molecular weight excluding hydrogens is 450 g/mol. The largest absolute Gasteiger partial charge is 0.485 e. The van der Waals surface area contributed by atoms with E-state index in [-0.39, 0.29) is 49.1 Å². The first-order valence-corrected chi connectivity index (χ1v) is 9.86. The molecule has 1 saturated heterocycles. The molecule has 1 aliphatic rings.